The Labute approximate surface area is 82.8 Å². The van der Waals surface area contributed by atoms with Crippen LogP contribution in [0.15, 0.2) is 12.4 Å². The van der Waals surface area contributed by atoms with Gasteiger partial charge < -0.3 is 10.6 Å². The Morgan fingerprint density at radius 1 is 1.62 bits per heavy atom. The highest BCUT2D eigenvalue weighted by molar-refractivity contribution is 7.80. The largest absolute Gasteiger partial charge is 0.388 e. The smallest absolute Gasteiger partial charge is 0.132 e. The fraction of sp³-hybridized carbons (Fsp3) is 0.375. The molecule has 0 radical (unpaired) electrons. The first-order valence-electron chi connectivity index (χ1n) is 3.98. The highest BCUT2D eigenvalue weighted by Gasteiger charge is 2.03. The fourth-order valence-electron chi connectivity index (χ4n) is 0.853. The summed E-state index contributed by atoms with van der Waals surface area (Å²) >= 11 is 4.81. The maximum Gasteiger partial charge on any atom is 0.132 e. The molecule has 0 aliphatic carbocycles. The Bertz CT molecular complexity index is 313. The quantitative estimate of drug-likeness (QED) is 0.716. The Kier molecular flexibility index (Phi) is 3.13. The highest BCUT2D eigenvalue weighted by atomic mass is 32.1. The summed E-state index contributed by atoms with van der Waals surface area (Å²) in [5.41, 5.74) is 6.06. The maximum atomic E-state index is 5.45. The van der Waals surface area contributed by atoms with Gasteiger partial charge in [-0.3, -0.25) is 0 Å². The van der Waals surface area contributed by atoms with Gasteiger partial charge in [-0.15, -0.1) is 0 Å². The van der Waals surface area contributed by atoms with Crippen LogP contribution in [0, 0.1) is 0 Å². The van der Waals surface area contributed by atoms with Gasteiger partial charge in [-0.05, 0) is 6.92 Å². The van der Waals surface area contributed by atoms with E-state index in [0.717, 1.165) is 12.4 Å². The van der Waals surface area contributed by atoms with Crippen LogP contribution in [0.2, 0.25) is 0 Å². The summed E-state index contributed by atoms with van der Waals surface area (Å²) in [4.78, 5) is 10.3. The third-order valence-corrected chi connectivity index (χ3v) is 1.98. The molecule has 2 N–H and O–H groups in total. The molecule has 5 heteroatoms. The zero-order valence-corrected chi connectivity index (χ0v) is 8.51. The van der Waals surface area contributed by atoms with Crippen molar-refractivity contribution in [2.45, 2.75) is 6.92 Å². The van der Waals surface area contributed by atoms with E-state index in [1.54, 1.807) is 6.07 Å². The third kappa shape index (κ3) is 2.35. The predicted molar refractivity (Wildman–Crippen MR) is 56.9 cm³/mol. The molecule has 1 aromatic heterocycles. The van der Waals surface area contributed by atoms with E-state index in [1.807, 2.05) is 18.9 Å². The first kappa shape index (κ1) is 9.85. The summed E-state index contributed by atoms with van der Waals surface area (Å²) in [6, 6.07) is 1.78. The summed E-state index contributed by atoms with van der Waals surface area (Å²) < 4.78 is 0. The van der Waals surface area contributed by atoms with Crippen molar-refractivity contribution in [3.05, 3.63) is 18.1 Å². The van der Waals surface area contributed by atoms with Gasteiger partial charge in [0.25, 0.3) is 0 Å². The second-order valence-corrected chi connectivity index (χ2v) is 3.08. The zero-order chi connectivity index (χ0) is 9.84. The molecule has 0 atom stereocenters. The van der Waals surface area contributed by atoms with Gasteiger partial charge in [0.05, 0.1) is 0 Å². The maximum absolute atomic E-state index is 5.45. The molecule has 70 valence electrons. The Morgan fingerprint density at radius 2 is 2.31 bits per heavy atom. The van der Waals surface area contributed by atoms with Crippen LogP contribution in [0.3, 0.4) is 0 Å². The van der Waals surface area contributed by atoms with Crippen molar-refractivity contribution in [2.75, 3.05) is 18.5 Å². The lowest BCUT2D eigenvalue weighted by Gasteiger charge is -2.15. The number of nitrogens with zero attached hydrogens (tertiary/aromatic N) is 3. The predicted octanol–water partition coefficient (Wildman–Crippen LogP) is 0.567. The molecule has 1 rings (SSSR count). The second kappa shape index (κ2) is 4.13. The molecule has 0 saturated carbocycles. The molecule has 0 fully saturated rings. The van der Waals surface area contributed by atoms with Gasteiger partial charge >= 0.3 is 0 Å². The van der Waals surface area contributed by atoms with Crippen LogP contribution < -0.4 is 10.6 Å². The fourth-order valence-corrected chi connectivity index (χ4v) is 0.964. The molecule has 0 saturated heterocycles. The average molecular weight is 196 g/mol. The van der Waals surface area contributed by atoms with E-state index in [-0.39, 0.29) is 0 Å². The molecule has 1 heterocycles. The summed E-state index contributed by atoms with van der Waals surface area (Å²) in [6.45, 7) is 2.93. The number of hydrogen-bond acceptors (Lipinski definition) is 4. The van der Waals surface area contributed by atoms with Crippen LogP contribution >= 0.6 is 12.2 Å². The van der Waals surface area contributed by atoms with Crippen LogP contribution in [-0.4, -0.2) is 28.5 Å². The Hall–Kier alpha value is -1.23. The van der Waals surface area contributed by atoms with E-state index in [2.05, 4.69) is 9.97 Å². The van der Waals surface area contributed by atoms with E-state index < -0.39 is 0 Å². The second-order valence-electron chi connectivity index (χ2n) is 2.64. The van der Waals surface area contributed by atoms with Crippen LogP contribution in [-0.2, 0) is 0 Å². The molecule has 0 spiro atoms. The summed E-state index contributed by atoms with van der Waals surface area (Å²) in [7, 11) is 1.95. The monoisotopic (exact) mass is 196 g/mol. The van der Waals surface area contributed by atoms with Crippen LogP contribution in [0.4, 0.5) is 5.82 Å². The first-order valence-corrected chi connectivity index (χ1v) is 4.39. The molecular formula is C8H12N4S. The van der Waals surface area contributed by atoms with Crippen molar-refractivity contribution in [1.82, 2.24) is 9.97 Å². The van der Waals surface area contributed by atoms with Gasteiger partial charge in [-0.1, -0.05) is 12.2 Å². The lowest BCUT2D eigenvalue weighted by atomic mass is 10.4. The lowest BCUT2D eigenvalue weighted by molar-refractivity contribution is 0.927. The molecule has 0 aliphatic rings. The van der Waals surface area contributed by atoms with E-state index >= 15 is 0 Å². The topological polar surface area (TPSA) is 55.0 Å². The summed E-state index contributed by atoms with van der Waals surface area (Å²) in [5.74, 6) is 0.834. The SMILES string of the molecule is CCN(C)c1cc(C(N)=S)ncn1. The van der Waals surface area contributed by atoms with Crippen molar-refractivity contribution in [1.29, 1.82) is 0 Å². The van der Waals surface area contributed by atoms with E-state index in [1.165, 1.54) is 6.33 Å². The minimum absolute atomic E-state index is 0.299. The molecular weight excluding hydrogens is 184 g/mol. The minimum Gasteiger partial charge on any atom is -0.388 e. The van der Waals surface area contributed by atoms with Gasteiger partial charge in [0, 0.05) is 19.7 Å². The van der Waals surface area contributed by atoms with Gasteiger partial charge in [0.1, 0.15) is 22.8 Å². The van der Waals surface area contributed by atoms with Gasteiger partial charge in [-0.25, -0.2) is 9.97 Å². The third-order valence-electron chi connectivity index (χ3n) is 1.77. The molecule has 0 unspecified atom stereocenters. The molecule has 0 aliphatic heterocycles. The van der Waals surface area contributed by atoms with Gasteiger partial charge in [-0.2, -0.15) is 0 Å². The van der Waals surface area contributed by atoms with Crippen LogP contribution in [0.1, 0.15) is 12.6 Å². The van der Waals surface area contributed by atoms with Crippen molar-refractivity contribution in [3.63, 3.8) is 0 Å². The normalized spacial score (nSPS) is 9.69. The van der Waals surface area contributed by atoms with E-state index in [4.69, 9.17) is 18.0 Å². The average Bonchev–Trinajstić information content (AvgIpc) is 2.17. The number of aromatic nitrogens is 2. The number of rotatable bonds is 3. The Morgan fingerprint density at radius 3 is 2.85 bits per heavy atom. The lowest BCUT2D eigenvalue weighted by Crippen LogP contribution is -2.19. The molecule has 0 aromatic carbocycles. The highest BCUT2D eigenvalue weighted by Crippen LogP contribution is 2.07. The summed E-state index contributed by atoms with van der Waals surface area (Å²) in [5, 5.41) is 0. The molecule has 0 bridgehead atoms. The van der Waals surface area contributed by atoms with Gasteiger partial charge in [0.2, 0.25) is 0 Å². The molecule has 4 nitrogen and oxygen atoms in total. The van der Waals surface area contributed by atoms with Crippen molar-refractivity contribution in [2.24, 2.45) is 5.73 Å². The van der Waals surface area contributed by atoms with E-state index in [9.17, 15) is 0 Å². The first-order chi connectivity index (χ1) is 6.15. The number of hydrogen-bond donors (Lipinski definition) is 1. The van der Waals surface area contributed by atoms with Crippen LogP contribution in [0.25, 0.3) is 0 Å². The summed E-state index contributed by atoms with van der Waals surface area (Å²) in [6.07, 6.45) is 1.47. The number of thiocarbonyl (C=S) groups is 1. The zero-order valence-electron chi connectivity index (χ0n) is 7.69. The molecule has 13 heavy (non-hydrogen) atoms. The molecule has 0 amide bonds. The Balaban J connectivity index is 2.98. The van der Waals surface area contributed by atoms with Crippen LogP contribution in [0.5, 0.6) is 0 Å². The standard InChI is InChI=1S/C8H12N4S/c1-3-12(2)7-4-6(8(9)13)10-5-11-7/h4-5H,3H2,1-2H3,(H2,9,13). The molecule has 1 aromatic rings. The minimum atomic E-state index is 0.299. The van der Waals surface area contributed by atoms with Crippen molar-refractivity contribution < 1.29 is 0 Å². The van der Waals surface area contributed by atoms with Gasteiger partial charge in [0.15, 0.2) is 0 Å². The van der Waals surface area contributed by atoms with Crippen molar-refractivity contribution in [3.8, 4) is 0 Å². The van der Waals surface area contributed by atoms with E-state index in [0.29, 0.717) is 10.7 Å². The van der Waals surface area contributed by atoms with Crippen molar-refractivity contribution >= 4 is 23.0 Å². The number of nitrogens with two attached hydrogens (primary N) is 1. The number of anilines is 1.